The zero-order valence-electron chi connectivity index (χ0n) is 38.6. The molecule has 0 aliphatic carbocycles. The molecule has 1 amide bonds. The van der Waals surface area contributed by atoms with Crippen molar-refractivity contribution in [2.45, 2.75) is 84.5 Å². The quantitative estimate of drug-likeness (QED) is 0.0518. The van der Waals surface area contributed by atoms with Gasteiger partial charge in [0.25, 0.3) is 0 Å². The standard InChI is InChI=1S/C47H62F2N8O4Si/c1-29(2)62(30(3)4,31(5)6)23-16-35-38(48)15-14-32-24-34(60-28-59-13)26-36(39(32)35)42-40(49)41-33(27-50-42)25-37-43(51-41)52-45(55(12)18-17-54(10)11)53-44(37)56-19-21-57(22-20-56)46(58)61-47(7,8)9/h14-15,24-27,29-31H,17-22,28H2,1-13H3. The van der Waals surface area contributed by atoms with Crippen molar-refractivity contribution in [2.75, 3.05) is 84.1 Å². The van der Waals surface area contributed by atoms with Crippen LogP contribution in [0, 0.1) is 23.1 Å². The molecule has 0 bridgehead atoms. The fourth-order valence-corrected chi connectivity index (χ4v) is 13.8. The highest BCUT2D eigenvalue weighted by molar-refractivity contribution is 6.90. The molecular formula is C47H62F2N8O4Si. The Balaban J connectivity index is 1.54. The summed E-state index contributed by atoms with van der Waals surface area (Å²) >= 11 is 0. The summed E-state index contributed by atoms with van der Waals surface area (Å²) in [5.41, 5.74) is 4.86. The first kappa shape index (κ1) is 46.3. The molecule has 5 aromatic rings. The summed E-state index contributed by atoms with van der Waals surface area (Å²) in [5, 5.41) is 2.11. The maximum Gasteiger partial charge on any atom is 0.410 e. The Bertz CT molecular complexity index is 2490. The van der Waals surface area contributed by atoms with Gasteiger partial charge in [0.05, 0.1) is 10.9 Å². The summed E-state index contributed by atoms with van der Waals surface area (Å²) in [6.45, 7) is 22.0. The van der Waals surface area contributed by atoms with Gasteiger partial charge in [0.2, 0.25) is 5.95 Å². The van der Waals surface area contributed by atoms with E-state index in [9.17, 15) is 4.79 Å². The van der Waals surface area contributed by atoms with Gasteiger partial charge in [0.15, 0.2) is 18.3 Å². The minimum Gasteiger partial charge on any atom is -0.468 e. The number of carbonyl (C=O) groups excluding carboxylic acids is 1. The fraction of sp³-hybridized carbons (Fsp3) is 0.511. The monoisotopic (exact) mass is 868 g/mol. The zero-order valence-corrected chi connectivity index (χ0v) is 39.6. The molecule has 0 N–H and O–H groups in total. The molecule has 15 heteroatoms. The smallest absolute Gasteiger partial charge is 0.410 e. The van der Waals surface area contributed by atoms with Crippen LogP contribution in [0.5, 0.6) is 5.75 Å². The highest BCUT2D eigenvalue weighted by atomic mass is 28.3. The largest absolute Gasteiger partial charge is 0.468 e. The average Bonchev–Trinajstić information content (AvgIpc) is 3.21. The van der Waals surface area contributed by atoms with E-state index in [1.54, 1.807) is 29.3 Å². The van der Waals surface area contributed by atoms with Gasteiger partial charge in [0, 0.05) is 76.0 Å². The third-order valence-electron chi connectivity index (χ3n) is 11.8. The van der Waals surface area contributed by atoms with Gasteiger partial charge in [-0.15, -0.1) is 5.54 Å². The normalized spacial score (nSPS) is 13.9. The van der Waals surface area contributed by atoms with Gasteiger partial charge in [-0.05, 0) is 81.1 Å². The number of rotatable bonds is 12. The van der Waals surface area contributed by atoms with E-state index in [1.807, 2.05) is 52.9 Å². The summed E-state index contributed by atoms with van der Waals surface area (Å²) < 4.78 is 50.4. The summed E-state index contributed by atoms with van der Waals surface area (Å²) in [5.74, 6) is 3.60. The van der Waals surface area contributed by atoms with Crippen LogP contribution < -0.4 is 14.5 Å². The molecule has 0 radical (unpaired) electrons. The van der Waals surface area contributed by atoms with Gasteiger partial charge in [0.1, 0.15) is 42.3 Å². The van der Waals surface area contributed by atoms with E-state index in [-0.39, 0.29) is 29.7 Å². The minimum absolute atomic E-state index is 0.0261. The lowest BCUT2D eigenvalue weighted by molar-refractivity contribution is 0.0240. The van der Waals surface area contributed by atoms with Crippen LogP contribution in [0.25, 0.3) is 44.0 Å². The van der Waals surface area contributed by atoms with E-state index in [4.69, 9.17) is 34.1 Å². The summed E-state index contributed by atoms with van der Waals surface area (Å²) in [4.78, 5) is 40.3. The molecule has 332 valence electrons. The van der Waals surface area contributed by atoms with Crippen LogP contribution in [0.3, 0.4) is 0 Å². The molecule has 4 heterocycles. The Morgan fingerprint density at radius 3 is 2.19 bits per heavy atom. The zero-order chi connectivity index (χ0) is 45.3. The number of pyridine rings is 2. The summed E-state index contributed by atoms with van der Waals surface area (Å²) in [6, 6.07) is 8.32. The van der Waals surface area contributed by atoms with Crippen molar-refractivity contribution < 1.29 is 27.8 Å². The van der Waals surface area contributed by atoms with E-state index in [0.29, 0.717) is 99.6 Å². The lowest BCUT2D eigenvalue weighted by Gasteiger charge is -2.38. The van der Waals surface area contributed by atoms with Crippen molar-refractivity contribution >= 4 is 58.6 Å². The Kier molecular flexibility index (Phi) is 13.9. The number of anilines is 2. The molecule has 1 aliphatic heterocycles. The molecule has 1 saturated heterocycles. The number of amides is 1. The first-order valence-corrected chi connectivity index (χ1v) is 23.7. The molecule has 62 heavy (non-hydrogen) atoms. The Hall–Kier alpha value is -5.17. The van der Waals surface area contributed by atoms with Gasteiger partial charge < -0.3 is 33.8 Å². The molecule has 12 nitrogen and oxygen atoms in total. The molecule has 0 spiro atoms. The van der Waals surface area contributed by atoms with Crippen LogP contribution in [0.15, 0.2) is 36.5 Å². The SMILES string of the molecule is COCOc1cc(-c2ncc3cc4c(N5CCN(C(=O)OC(C)(C)C)CC5)nc(N(C)CCN(C)C)nc4nc3c2F)c2c(C#C[Si](C(C)C)(C(C)C)C(C)C)c(F)ccc2c1. The second-order valence-electron chi connectivity index (χ2n) is 18.4. The molecule has 6 rings (SSSR count). The predicted octanol–water partition coefficient (Wildman–Crippen LogP) is 9.28. The van der Waals surface area contributed by atoms with E-state index in [0.717, 1.165) is 6.54 Å². The number of halogens is 2. The van der Waals surface area contributed by atoms with Gasteiger partial charge in [-0.3, -0.25) is 4.98 Å². The van der Waals surface area contributed by atoms with E-state index >= 15 is 8.78 Å². The van der Waals surface area contributed by atoms with Crippen molar-refractivity contribution in [3.05, 3.63) is 53.7 Å². The number of carbonyl (C=O) groups is 1. The molecule has 1 fully saturated rings. The number of fused-ring (bicyclic) bond motifs is 3. The number of hydrogen-bond donors (Lipinski definition) is 0. The topological polar surface area (TPSA) is 109 Å². The van der Waals surface area contributed by atoms with Crippen molar-refractivity contribution in [3.8, 4) is 28.5 Å². The number of nitrogens with zero attached hydrogens (tertiary/aromatic N) is 8. The van der Waals surface area contributed by atoms with Gasteiger partial charge >= 0.3 is 6.09 Å². The van der Waals surface area contributed by atoms with Crippen LogP contribution in [-0.2, 0) is 9.47 Å². The van der Waals surface area contributed by atoms with E-state index in [1.165, 1.54) is 13.2 Å². The number of methoxy groups -OCH3 is 1. The molecule has 0 saturated carbocycles. The molecule has 0 atom stereocenters. The first-order valence-electron chi connectivity index (χ1n) is 21.4. The van der Waals surface area contributed by atoms with E-state index in [2.05, 4.69) is 62.8 Å². The van der Waals surface area contributed by atoms with Crippen molar-refractivity contribution in [1.29, 1.82) is 0 Å². The van der Waals surface area contributed by atoms with Crippen molar-refractivity contribution in [2.24, 2.45) is 0 Å². The number of piperazine rings is 1. The minimum atomic E-state index is -2.29. The lowest BCUT2D eigenvalue weighted by Crippen LogP contribution is -2.50. The summed E-state index contributed by atoms with van der Waals surface area (Å²) in [6.07, 6.45) is 1.22. The molecule has 3 aromatic heterocycles. The predicted molar refractivity (Wildman–Crippen MR) is 248 cm³/mol. The number of benzene rings is 2. The highest BCUT2D eigenvalue weighted by Crippen LogP contribution is 2.42. The highest BCUT2D eigenvalue weighted by Gasteiger charge is 2.42. The van der Waals surface area contributed by atoms with Crippen molar-refractivity contribution in [3.63, 3.8) is 0 Å². The first-order chi connectivity index (χ1) is 29.2. The van der Waals surface area contributed by atoms with Crippen LogP contribution in [-0.4, -0.2) is 124 Å². The number of aromatic nitrogens is 4. The third-order valence-corrected chi connectivity index (χ3v) is 18.1. The Morgan fingerprint density at radius 1 is 0.903 bits per heavy atom. The van der Waals surface area contributed by atoms with Gasteiger partial charge in [-0.1, -0.05) is 53.5 Å². The van der Waals surface area contributed by atoms with Crippen LogP contribution >= 0.6 is 0 Å². The van der Waals surface area contributed by atoms with Crippen molar-refractivity contribution in [1.82, 2.24) is 29.7 Å². The maximum absolute atomic E-state index is 17.4. The van der Waals surface area contributed by atoms with E-state index < -0.39 is 25.3 Å². The number of likely N-dealkylation sites (N-methyl/N-ethyl adjacent to an activating group) is 2. The van der Waals surface area contributed by atoms with Crippen LogP contribution in [0.1, 0.15) is 67.9 Å². The third kappa shape index (κ3) is 9.57. The van der Waals surface area contributed by atoms with Crippen LogP contribution in [0.4, 0.5) is 25.3 Å². The van der Waals surface area contributed by atoms with Crippen LogP contribution in [0.2, 0.25) is 16.6 Å². The molecular weight excluding hydrogens is 807 g/mol. The fourth-order valence-electron chi connectivity index (χ4n) is 8.63. The number of hydrogen-bond acceptors (Lipinski definition) is 11. The van der Waals surface area contributed by atoms with Gasteiger partial charge in [-0.25, -0.2) is 18.6 Å². The summed E-state index contributed by atoms with van der Waals surface area (Å²) in [7, 11) is 5.14. The molecule has 1 aliphatic rings. The number of ether oxygens (including phenoxy) is 3. The second-order valence-corrected chi connectivity index (χ2v) is 24.0. The second kappa shape index (κ2) is 18.7. The lowest BCUT2D eigenvalue weighted by atomic mass is 9.95. The molecule has 2 aromatic carbocycles. The Morgan fingerprint density at radius 2 is 1.58 bits per heavy atom. The average molecular weight is 869 g/mol. The van der Waals surface area contributed by atoms with Gasteiger partial charge in [-0.2, -0.15) is 9.97 Å². The Labute approximate surface area is 366 Å². The maximum atomic E-state index is 17.4. The molecule has 0 unspecified atom stereocenters.